The summed E-state index contributed by atoms with van der Waals surface area (Å²) in [5.41, 5.74) is 14.5. The molecule has 66 heavy (non-hydrogen) atoms. The van der Waals surface area contributed by atoms with Crippen LogP contribution in [0.5, 0.6) is 0 Å². The highest BCUT2D eigenvalue weighted by Gasteiger charge is 2.24. The Morgan fingerprint density at radius 1 is 0.515 bits per heavy atom. The van der Waals surface area contributed by atoms with Gasteiger partial charge in [-0.3, -0.25) is 0 Å². The first-order valence-electron chi connectivity index (χ1n) is 22.1. The first kappa shape index (κ1) is 41.8. The van der Waals surface area contributed by atoms with E-state index in [1.165, 1.54) is 22.1 Å². The van der Waals surface area contributed by atoms with Crippen LogP contribution in [0.2, 0.25) is 0 Å². The number of benzene rings is 7. The lowest BCUT2D eigenvalue weighted by Crippen LogP contribution is -2.32. The van der Waals surface area contributed by atoms with Crippen LogP contribution in [0.1, 0.15) is 28.5 Å². The van der Waals surface area contributed by atoms with Crippen molar-refractivity contribution in [2.75, 3.05) is 22.9 Å². The Hall–Kier alpha value is -8.19. The summed E-state index contributed by atoms with van der Waals surface area (Å²) >= 11 is 1.72. The van der Waals surface area contributed by atoms with Gasteiger partial charge in [-0.1, -0.05) is 196 Å². The monoisotopic (exact) mass is 869 g/mol. The molecule has 0 radical (unpaired) electrons. The third-order valence-electron chi connectivity index (χ3n) is 12.0. The molecule has 2 aromatic heterocycles. The average Bonchev–Trinajstić information content (AvgIpc) is 3.73. The molecule has 0 aliphatic carbocycles. The van der Waals surface area contributed by atoms with Gasteiger partial charge >= 0.3 is 0 Å². The van der Waals surface area contributed by atoms with E-state index in [4.69, 9.17) is 15.0 Å². The van der Waals surface area contributed by atoms with Crippen molar-refractivity contribution in [1.82, 2.24) is 15.0 Å². The van der Waals surface area contributed by atoms with Crippen molar-refractivity contribution >= 4 is 67.7 Å². The number of hydrogen-bond donors (Lipinski definition) is 0. The van der Waals surface area contributed by atoms with Gasteiger partial charge in [0.15, 0.2) is 11.6 Å². The number of nitrogens with zero attached hydrogens (tertiary/aromatic N) is 5. The maximum absolute atomic E-state index is 5.36. The molecule has 0 atom stereocenters. The molecule has 0 amide bonds. The molecule has 0 bridgehead atoms. The zero-order valence-electron chi connectivity index (χ0n) is 36.8. The van der Waals surface area contributed by atoms with E-state index in [9.17, 15) is 0 Å². The van der Waals surface area contributed by atoms with Crippen LogP contribution in [0, 0.1) is 0 Å². The van der Waals surface area contributed by atoms with Gasteiger partial charge in [0.05, 0.1) is 5.69 Å². The standard InChI is InChI=1S/C60H47N5S/c1-5-17-52-53-37-34-48(40-57(53)66-56(52)6-2)59-61-58(47-20-11-8-12-21-47)62-60(63-59)65-39-38-64(49-35-32-46(33-36-49)45-30-28-44(29-31-45)43-18-9-7-10-19-43)54-24-15-13-22-50(54)41(3)26-27-42(4)51-23-14-16-25-55(51)65/h5-37,40H,2-4,38-39H2,1H3/b17-5-,27-26-. The van der Waals surface area contributed by atoms with Gasteiger partial charge in [-0.05, 0) is 76.2 Å². The molecule has 5 nitrogen and oxygen atoms in total. The predicted molar refractivity (Wildman–Crippen MR) is 282 cm³/mol. The van der Waals surface area contributed by atoms with Crippen LogP contribution in [0.15, 0.2) is 214 Å². The van der Waals surface area contributed by atoms with Crippen molar-refractivity contribution in [1.29, 1.82) is 0 Å². The van der Waals surface area contributed by atoms with E-state index in [2.05, 4.69) is 205 Å². The Kier molecular flexibility index (Phi) is 11.7. The van der Waals surface area contributed by atoms with E-state index in [-0.39, 0.29) is 0 Å². The molecule has 7 aromatic carbocycles. The molecule has 10 rings (SSSR count). The summed E-state index contributed by atoms with van der Waals surface area (Å²) in [5.74, 6) is 1.73. The molecular formula is C60H47N5S. The fourth-order valence-electron chi connectivity index (χ4n) is 8.67. The highest BCUT2D eigenvalue weighted by Crippen LogP contribution is 2.40. The second-order valence-electron chi connectivity index (χ2n) is 16.2. The van der Waals surface area contributed by atoms with Crippen molar-refractivity contribution in [3.05, 3.63) is 235 Å². The van der Waals surface area contributed by atoms with Crippen LogP contribution in [0.25, 0.3) is 78.4 Å². The number of allylic oxidation sites excluding steroid dienone is 5. The maximum Gasteiger partial charge on any atom is 0.234 e. The second kappa shape index (κ2) is 18.5. The van der Waals surface area contributed by atoms with Crippen LogP contribution < -0.4 is 9.80 Å². The van der Waals surface area contributed by atoms with Crippen molar-refractivity contribution in [3.63, 3.8) is 0 Å². The number of fused-ring (bicyclic) bond motifs is 3. The minimum atomic E-state index is 0.522. The Morgan fingerprint density at radius 2 is 1.00 bits per heavy atom. The molecule has 0 unspecified atom stereocenters. The smallest absolute Gasteiger partial charge is 0.234 e. The fraction of sp³-hybridized carbons (Fsp3) is 0.0500. The Balaban J connectivity index is 1.10. The summed E-state index contributed by atoms with van der Waals surface area (Å²) in [5, 5.41) is 1.18. The lowest BCUT2D eigenvalue weighted by molar-refractivity contribution is 0.850. The normalized spacial score (nSPS) is 13.5. The molecule has 318 valence electrons. The van der Waals surface area contributed by atoms with Gasteiger partial charge in [0, 0.05) is 61.7 Å². The Bertz CT molecular complexity index is 3310. The van der Waals surface area contributed by atoms with Gasteiger partial charge in [0.25, 0.3) is 0 Å². The van der Waals surface area contributed by atoms with Gasteiger partial charge in [0.2, 0.25) is 5.95 Å². The highest BCUT2D eigenvalue weighted by molar-refractivity contribution is 7.20. The van der Waals surface area contributed by atoms with E-state index in [1.54, 1.807) is 11.3 Å². The van der Waals surface area contributed by atoms with Gasteiger partial charge in [-0.2, -0.15) is 9.97 Å². The van der Waals surface area contributed by atoms with E-state index >= 15 is 0 Å². The lowest BCUT2D eigenvalue weighted by atomic mass is 9.98. The molecule has 0 N–H and O–H groups in total. The van der Waals surface area contributed by atoms with Gasteiger partial charge < -0.3 is 9.80 Å². The SMILES string of the molecule is C=Cc1sc2cc(-c3nc(-c4ccccc4)nc(N4CCN(c5ccc(-c6ccc(-c7ccccc7)cc6)cc5)c5ccccc5C(=C)/C=C\C(=C)c5ccccc54)n3)ccc2c1/C=C\C. The van der Waals surface area contributed by atoms with Crippen molar-refractivity contribution < 1.29 is 0 Å². The summed E-state index contributed by atoms with van der Waals surface area (Å²) in [6, 6.07) is 61.6. The van der Waals surface area contributed by atoms with Crippen LogP contribution in [-0.4, -0.2) is 28.0 Å². The molecule has 0 saturated carbocycles. The van der Waals surface area contributed by atoms with Crippen LogP contribution in [0.4, 0.5) is 23.0 Å². The first-order chi connectivity index (χ1) is 32.4. The number of para-hydroxylation sites is 2. The fourth-order valence-corrected chi connectivity index (χ4v) is 9.76. The van der Waals surface area contributed by atoms with Gasteiger partial charge in [-0.15, -0.1) is 11.3 Å². The average molecular weight is 870 g/mol. The first-order valence-corrected chi connectivity index (χ1v) is 23.0. The summed E-state index contributed by atoms with van der Waals surface area (Å²) in [7, 11) is 0. The van der Waals surface area contributed by atoms with E-state index in [0.29, 0.717) is 30.7 Å². The number of anilines is 4. The molecule has 1 aliphatic rings. The number of hydrogen-bond acceptors (Lipinski definition) is 6. The number of rotatable bonds is 8. The topological polar surface area (TPSA) is 45.2 Å². The maximum atomic E-state index is 5.36. The van der Waals surface area contributed by atoms with Crippen molar-refractivity contribution in [2.24, 2.45) is 0 Å². The third-order valence-corrected chi connectivity index (χ3v) is 13.2. The zero-order valence-corrected chi connectivity index (χ0v) is 37.6. The molecule has 9 aromatic rings. The van der Waals surface area contributed by atoms with E-state index < -0.39 is 0 Å². The Labute approximate surface area is 391 Å². The quantitative estimate of drug-likeness (QED) is 0.152. The number of aromatic nitrogens is 3. The molecule has 0 spiro atoms. The molecule has 1 aliphatic heterocycles. The van der Waals surface area contributed by atoms with E-state index in [0.717, 1.165) is 71.2 Å². The minimum absolute atomic E-state index is 0.522. The summed E-state index contributed by atoms with van der Waals surface area (Å²) < 4.78 is 1.14. The van der Waals surface area contributed by atoms with Crippen LogP contribution in [0.3, 0.4) is 0 Å². The minimum Gasteiger partial charge on any atom is -0.339 e. The lowest BCUT2D eigenvalue weighted by Gasteiger charge is -2.32. The Morgan fingerprint density at radius 3 is 1.59 bits per heavy atom. The highest BCUT2D eigenvalue weighted by atomic mass is 32.1. The van der Waals surface area contributed by atoms with Gasteiger partial charge in [0.1, 0.15) is 0 Å². The molecule has 0 fully saturated rings. The summed E-state index contributed by atoms with van der Waals surface area (Å²) in [6.45, 7) is 16.4. The third kappa shape index (κ3) is 8.34. The molecule has 6 heteroatoms. The molecule has 3 heterocycles. The largest absolute Gasteiger partial charge is 0.339 e. The number of thiophene rings is 1. The summed E-state index contributed by atoms with van der Waals surface area (Å²) in [4.78, 5) is 21.6. The zero-order chi connectivity index (χ0) is 45.0. The second-order valence-corrected chi connectivity index (χ2v) is 17.2. The van der Waals surface area contributed by atoms with E-state index in [1.807, 2.05) is 37.3 Å². The van der Waals surface area contributed by atoms with Crippen LogP contribution >= 0.6 is 11.3 Å². The van der Waals surface area contributed by atoms with Crippen molar-refractivity contribution in [3.8, 4) is 45.0 Å². The van der Waals surface area contributed by atoms with Crippen LogP contribution in [-0.2, 0) is 0 Å². The van der Waals surface area contributed by atoms with Gasteiger partial charge in [-0.25, -0.2) is 4.98 Å². The predicted octanol–water partition coefficient (Wildman–Crippen LogP) is 16.0. The summed E-state index contributed by atoms with van der Waals surface area (Å²) in [6.07, 6.45) is 10.3. The molecular weight excluding hydrogens is 823 g/mol. The molecule has 0 saturated heterocycles. The van der Waals surface area contributed by atoms with Crippen molar-refractivity contribution in [2.45, 2.75) is 6.92 Å².